The van der Waals surface area contributed by atoms with Crippen LogP contribution in [0.5, 0.6) is 5.75 Å². The lowest BCUT2D eigenvalue weighted by molar-refractivity contribution is 0.176. The maximum atomic E-state index is 15.0. The van der Waals surface area contributed by atoms with E-state index >= 15 is 4.39 Å². The fourth-order valence-electron chi connectivity index (χ4n) is 4.32. The van der Waals surface area contributed by atoms with Gasteiger partial charge in [0.2, 0.25) is 6.23 Å². The first-order valence-electron chi connectivity index (χ1n) is 10.1. The summed E-state index contributed by atoms with van der Waals surface area (Å²) in [5.74, 6) is 1.22. The smallest absolute Gasteiger partial charge is 0.212 e. The van der Waals surface area contributed by atoms with Gasteiger partial charge in [-0.3, -0.25) is 4.57 Å². The van der Waals surface area contributed by atoms with Crippen LogP contribution in [0, 0.1) is 11.7 Å². The number of thiophene rings is 1. The van der Waals surface area contributed by atoms with Gasteiger partial charge in [-0.1, -0.05) is 44.7 Å². The van der Waals surface area contributed by atoms with E-state index in [-0.39, 0.29) is 12.0 Å². The van der Waals surface area contributed by atoms with E-state index in [0.29, 0.717) is 15.8 Å². The van der Waals surface area contributed by atoms with Crippen LogP contribution in [0.15, 0.2) is 57.5 Å². The van der Waals surface area contributed by atoms with Crippen LogP contribution in [0.3, 0.4) is 0 Å². The van der Waals surface area contributed by atoms with Gasteiger partial charge in [0, 0.05) is 19.2 Å². The molecule has 1 saturated carbocycles. The molecule has 1 unspecified atom stereocenters. The van der Waals surface area contributed by atoms with Gasteiger partial charge in [-0.05, 0) is 67.3 Å². The van der Waals surface area contributed by atoms with Crippen molar-refractivity contribution < 1.29 is 9.13 Å². The molecule has 1 fully saturated rings. The van der Waals surface area contributed by atoms with Gasteiger partial charge < -0.3 is 4.74 Å². The van der Waals surface area contributed by atoms with Crippen molar-refractivity contribution in [2.75, 3.05) is 0 Å². The molecule has 1 atom stereocenters. The van der Waals surface area contributed by atoms with Crippen molar-refractivity contribution >= 4 is 54.1 Å². The number of rotatable bonds is 4. The minimum absolute atomic E-state index is 0.280. The number of nitrogens with zero attached hydrogens (tertiary/aromatic N) is 1. The summed E-state index contributed by atoms with van der Waals surface area (Å²) in [5.41, 5.74) is 2.42. The molecule has 0 bridgehead atoms. The monoisotopic (exact) mass is 545 g/mol. The Balaban J connectivity index is 1.51. The van der Waals surface area contributed by atoms with E-state index in [2.05, 4.69) is 66.8 Å². The zero-order valence-corrected chi connectivity index (χ0v) is 20.0. The van der Waals surface area contributed by atoms with E-state index in [9.17, 15) is 0 Å². The first-order valence-corrected chi connectivity index (χ1v) is 12.5. The molecular formula is C24H18Br2FNOS. The van der Waals surface area contributed by atoms with Crippen molar-refractivity contribution in [3.05, 3.63) is 73.0 Å². The quantitative estimate of drug-likeness (QED) is 0.251. The summed E-state index contributed by atoms with van der Waals surface area (Å²) in [6.45, 7) is 0. The van der Waals surface area contributed by atoms with Crippen LogP contribution < -0.4 is 4.74 Å². The van der Waals surface area contributed by atoms with Gasteiger partial charge in [-0.15, -0.1) is 11.3 Å². The van der Waals surface area contributed by atoms with E-state index in [0.717, 1.165) is 38.3 Å². The molecule has 0 spiro atoms. The zero-order valence-electron chi connectivity index (χ0n) is 16.0. The van der Waals surface area contributed by atoms with E-state index in [4.69, 9.17) is 4.74 Å². The van der Waals surface area contributed by atoms with E-state index in [1.807, 2.05) is 23.5 Å². The van der Waals surface area contributed by atoms with Gasteiger partial charge in [0.1, 0.15) is 11.6 Å². The molecule has 4 aromatic rings. The lowest BCUT2D eigenvalue weighted by Crippen LogP contribution is -2.21. The van der Waals surface area contributed by atoms with Crippen LogP contribution in [-0.4, -0.2) is 4.57 Å². The van der Waals surface area contributed by atoms with Crippen LogP contribution >= 0.6 is 43.2 Å². The highest BCUT2D eigenvalue weighted by Gasteiger charge is 2.32. The van der Waals surface area contributed by atoms with Crippen molar-refractivity contribution in [3.63, 3.8) is 0 Å². The Kier molecular flexibility index (Phi) is 4.59. The number of hydrogen-bond acceptors (Lipinski definition) is 2. The molecule has 30 heavy (non-hydrogen) atoms. The SMILES string of the molecule is Fc1cc(Br)cc2c1-c1cc3cc(Br)ccc3n1C(c1ccc(CCC3CC3)s1)O2. The molecule has 0 radical (unpaired) electrons. The fraction of sp³-hybridized carbons (Fsp3) is 0.250. The number of aryl methyl sites for hydroxylation is 1. The predicted molar refractivity (Wildman–Crippen MR) is 127 cm³/mol. The molecule has 2 nitrogen and oxygen atoms in total. The van der Waals surface area contributed by atoms with Crippen LogP contribution in [0.4, 0.5) is 4.39 Å². The minimum Gasteiger partial charge on any atom is -0.464 e. The molecule has 2 aromatic carbocycles. The van der Waals surface area contributed by atoms with Gasteiger partial charge in [0.25, 0.3) is 0 Å². The molecule has 1 aliphatic carbocycles. The Bertz CT molecular complexity index is 1290. The Morgan fingerprint density at radius 3 is 2.73 bits per heavy atom. The normalized spacial score (nSPS) is 17.6. The largest absolute Gasteiger partial charge is 0.464 e. The van der Waals surface area contributed by atoms with Crippen molar-refractivity contribution in [1.82, 2.24) is 4.57 Å². The predicted octanol–water partition coefficient (Wildman–Crippen LogP) is 8.32. The number of benzene rings is 2. The molecule has 1 aliphatic heterocycles. The molecule has 0 amide bonds. The average molecular weight is 547 g/mol. The van der Waals surface area contributed by atoms with Gasteiger partial charge in [-0.2, -0.15) is 0 Å². The Hall–Kier alpha value is -1.63. The molecule has 152 valence electrons. The zero-order chi connectivity index (χ0) is 20.4. The molecule has 0 N–H and O–H groups in total. The minimum atomic E-state index is -0.306. The van der Waals surface area contributed by atoms with Crippen molar-refractivity contribution in [2.45, 2.75) is 31.9 Å². The van der Waals surface area contributed by atoms with Crippen LogP contribution in [-0.2, 0) is 6.42 Å². The second-order valence-corrected chi connectivity index (χ2v) is 11.2. The fourth-order valence-corrected chi connectivity index (χ4v) is 6.15. The third-order valence-electron chi connectivity index (χ3n) is 5.97. The Morgan fingerprint density at radius 1 is 1.03 bits per heavy atom. The van der Waals surface area contributed by atoms with Gasteiger partial charge in [0.05, 0.1) is 21.7 Å². The van der Waals surface area contributed by atoms with Crippen LogP contribution in [0.25, 0.3) is 22.2 Å². The van der Waals surface area contributed by atoms with Crippen molar-refractivity contribution in [2.24, 2.45) is 5.92 Å². The van der Waals surface area contributed by atoms with Crippen LogP contribution in [0.1, 0.15) is 35.2 Å². The first kappa shape index (κ1) is 19.1. The number of hydrogen-bond donors (Lipinski definition) is 0. The lowest BCUT2D eigenvalue weighted by atomic mass is 10.1. The molecule has 2 aliphatic rings. The summed E-state index contributed by atoms with van der Waals surface area (Å²) in [6.07, 6.45) is 4.87. The summed E-state index contributed by atoms with van der Waals surface area (Å²) in [7, 11) is 0. The number of halogens is 3. The summed E-state index contributed by atoms with van der Waals surface area (Å²) >= 11 is 8.79. The highest BCUT2D eigenvalue weighted by Crippen LogP contribution is 2.47. The standard InChI is InChI=1S/C24H18Br2FNOS/c25-15-4-7-19-14(9-15)10-20-23-18(27)11-16(26)12-21(23)29-24(28(19)20)22-8-6-17(30-22)5-3-13-1-2-13/h4,6-13,24H,1-3,5H2. The third-order valence-corrected chi connectivity index (χ3v) is 8.10. The molecule has 2 aromatic heterocycles. The third kappa shape index (κ3) is 3.24. The Labute approximate surface area is 194 Å². The van der Waals surface area contributed by atoms with Gasteiger partial charge in [0.15, 0.2) is 0 Å². The molecule has 6 rings (SSSR count). The van der Waals surface area contributed by atoms with E-state index < -0.39 is 0 Å². The lowest BCUT2D eigenvalue weighted by Gasteiger charge is -2.29. The second-order valence-electron chi connectivity index (χ2n) is 8.12. The second kappa shape index (κ2) is 7.21. The first-order chi connectivity index (χ1) is 14.6. The molecule has 0 saturated heterocycles. The highest BCUT2D eigenvalue weighted by molar-refractivity contribution is 9.10. The maximum absolute atomic E-state index is 15.0. The van der Waals surface area contributed by atoms with E-state index in [1.54, 1.807) is 0 Å². The van der Waals surface area contributed by atoms with E-state index in [1.165, 1.54) is 30.2 Å². The number of ether oxygens (including phenoxy) is 1. The summed E-state index contributed by atoms with van der Waals surface area (Å²) < 4.78 is 25.3. The van der Waals surface area contributed by atoms with Crippen molar-refractivity contribution in [3.8, 4) is 17.0 Å². The maximum Gasteiger partial charge on any atom is 0.212 e. The Morgan fingerprint density at radius 2 is 1.90 bits per heavy atom. The van der Waals surface area contributed by atoms with Gasteiger partial charge >= 0.3 is 0 Å². The molecular weight excluding hydrogens is 529 g/mol. The topological polar surface area (TPSA) is 14.2 Å². The summed E-state index contributed by atoms with van der Waals surface area (Å²) in [5, 5.41) is 1.06. The molecule has 6 heteroatoms. The molecule has 3 heterocycles. The van der Waals surface area contributed by atoms with Crippen LogP contribution in [0.2, 0.25) is 0 Å². The summed E-state index contributed by atoms with van der Waals surface area (Å²) in [4.78, 5) is 2.54. The van der Waals surface area contributed by atoms with Crippen molar-refractivity contribution in [1.29, 1.82) is 0 Å². The average Bonchev–Trinajstić information content (AvgIpc) is 3.28. The number of aromatic nitrogens is 1. The highest BCUT2D eigenvalue weighted by atomic mass is 79.9. The van der Waals surface area contributed by atoms with Gasteiger partial charge in [-0.25, -0.2) is 4.39 Å². The number of fused-ring (bicyclic) bond motifs is 5. The summed E-state index contributed by atoms with van der Waals surface area (Å²) in [6, 6.07) is 16.0.